The van der Waals surface area contributed by atoms with Gasteiger partial charge < -0.3 is 9.16 Å². The molecule has 0 aromatic heterocycles. The zero-order valence-electron chi connectivity index (χ0n) is 16.8. The van der Waals surface area contributed by atoms with Crippen molar-refractivity contribution in [2.24, 2.45) is 0 Å². The zero-order valence-corrected chi connectivity index (χ0v) is 17.8. The van der Waals surface area contributed by atoms with Crippen LogP contribution in [0.2, 0.25) is 18.1 Å². The Labute approximate surface area is 155 Å². The van der Waals surface area contributed by atoms with Crippen LogP contribution in [-0.4, -0.2) is 46.1 Å². The smallest absolute Gasteiger partial charge is 0.192 e. The molecule has 1 heterocycles. The van der Waals surface area contributed by atoms with Crippen molar-refractivity contribution in [3.05, 3.63) is 35.9 Å². The number of rotatable bonds is 7. The van der Waals surface area contributed by atoms with Crippen molar-refractivity contribution in [3.63, 3.8) is 0 Å². The standard InChI is InChI=1S/C21H35NO2Si/c1-21(2,3)25(5,6)24-17-19-10-8-16-22(19)15-7-9-18-11-13-20(23-4)14-12-18/h7,9,11-14,19H,8,10,15-17H2,1-6H3/b9-7+. The van der Waals surface area contributed by atoms with Crippen LogP contribution in [0.1, 0.15) is 39.2 Å². The average Bonchev–Trinajstić information content (AvgIpc) is 3.00. The fourth-order valence-corrected chi connectivity index (χ4v) is 3.93. The summed E-state index contributed by atoms with van der Waals surface area (Å²) in [4.78, 5) is 2.56. The summed E-state index contributed by atoms with van der Waals surface area (Å²) < 4.78 is 11.7. The molecule has 3 nitrogen and oxygen atoms in total. The molecule has 0 saturated carbocycles. The van der Waals surface area contributed by atoms with Gasteiger partial charge in [0.15, 0.2) is 8.32 Å². The maximum atomic E-state index is 6.46. The van der Waals surface area contributed by atoms with Crippen molar-refractivity contribution in [3.8, 4) is 5.75 Å². The van der Waals surface area contributed by atoms with Crippen LogP contribution in [-0.2, 0) is 4.43 Å². The molecule has 1 aromatic rings. The molecular weight excluding hydrogens is 326 g/mol. The Morgan fingerprint density at radius 2 is 1.88 bits per heavy atom. The van der Waals surface area contributed by atoms with Gasteiger partial charge in [-0.1, -0.05) is 45.1 Å². The predicted octanol–water partition coefficient (Wildman–Crippen LogP) is 5.19. The van der Waals surface area contributed by atoms with E-state index in [2.05, 4.69) is 63.0 Å². The van der Waals surface area contributed by atoms with E-state index in [0.717, 1.165) is 18.9 Å². The number of ether oxygens (including phenoxy) is 1. The first kappa shape index (κ1) is 20.2. The second-order valence-corrected chi connectivity index (χ2v) is 13.3. The molecule has 0 N–H and O–H groups in total. The average molecular weight is 362 g/mol. The van der Waals surface area contributed by atoms with Crippen molar-refractivity contribution in [1.82, 2.24) is 4.90 Å². The highest BCUT2D eigenvalue weighted by Crippen LogP contribution is 2.37. The highest BCUT2D eigenvalue weighted by atomic mass is 28.4. The fourth-order valence-electron chi connectivity index (χ4n) is 2.88. The van der Waals surface area contributed by atoms with Crippen molar-refractivity contribution in [1.29, 1.82) is 0 Å². The third-order valence-corrected chi connectivity index (χ3v) is 10.2. The third kappa shape index (κ3) is 5.70. The van der Waals surface area contributed by atoms with Crippen LogP contribution < -0.4 is 4.74 Å². The van der Waals surface area contributed by atoms with Crippen molar-refractivity contribution in [2.45, 2.75) is 57.8 Å². The molecule has 0 spiro atoms. The van der Waals surface area contributed by atoms with Gasteiger partial charge in [-0.3, -0.25) is 4.90 Å². The van der Waals surface area contributed by atoms with Gasteiger partial charge in [0, 0.05) is 19.2 Å². The lowest BCUT2D eigenvalue weighted by atomic mass is 10.2. The Bertz CT molecular complexity index is 560. The number of benzene rings is 1. The van der Waals surface area contributed by atoms with Crippen LogP contribution in [0, 0.1) is 0 Å². The van der Waals surface area contributed by atoms with E-state index in [1.54, 1.807) is 7.11 Å². The minimum absolute atomic E-state index is 0.282. The first-order chi connectivity index (χ1) is 11.7. The molecule has 140 valence electrons. The largest absolute Gasteiger partial charge is 0.497 e. The molecule has 0 amide bonds. The van der Waals surface area contributed by atoms with Gasteiger partial charge in [-0.15, -0.1) is 0 Å². The van der Waals surface area contributed by atoms with E-state index in [0.29, 0.717) is 6.04 Å². The molecule has 1 unspecified atom stereocenters. The maximum absolute atomic E-state index is 6.46. The van der Waals surface area contributed by atoms with Gasteiger partial charge in [-0.25, -0.2) is 0 Å². The normalized spacial score (nSPS) is 19.7. The molecule has 1 fully saturated rings. The molecule has 0 aliphatic carbocycles. The molecule has 1 atom stereocenters. The van der Waals surface area contributed by atoms with Crippen LogP contribution in [0.3, 0.4) is 0 Å². The van der Waals surface area contributed by atoms with Crippen LogP contribution >= 0.6 is 0 Å². The highest BCUT2D eigenvalue weighted by molar-refractivity contribution is 6.74. The lowest BCUT2D eigenvalue weighted by Crippen LogP contribution is -2.44. The van der Waals surface area contributed by atoms with Gasteiger partial charge in [-0.05, 0) is 55.2 Å². The summed E-state index contributed by atoms with van der Waals surface area (Å²) in [5, 5.41) is 0.282. The molecule has 1 aliphatic heterocycles. The van der Waals surface area contributed by atoms with Crippen LogP contribution in [0.25, 0.3) is 6.08 Å². The second-order valence-electron chi connectivity index (χ2n) is 8.54. The van der Waals surface area contributed by atoms with E-state index in [4.69, 9.17) is 9.16 Å². The quantitative estimate of drug-likeness (QED) is 0.623. The van der Waals surface area contributed by atoms with Crippen LogP contribution in [0.5, 0.6) is 5.75 Å². The van der Waals surface area contributed by atoms with E-state index < -0.39 is 8.32 Å². The predicted molar refractivity (Wildman–Crippen MR) is 110 cm³/mol. The van der Waals surface area contributed by atoms with Gasteiger partial charge >= 0.3 is 0 Å². The molecule has 4 heteroatoms. The molecule has 0 bridgehead atoms. The van der Waals surface area contributed by atoms with Gasteiger partial charge in [0.05, 0.1) is 7.11 Å². The van der Waals surface area contributed by atoms with E-state index in [-0.39, 0.29) is 5.04 Å². The zero-order chi connectivity index (χ0) is 18.5. The van der Waals surface area contributed by atoms with E-state index in [9.17, 15) is 0 Å². The molecule has 25 heavy (non-hydrogen) atoms. The molecular formula is C21H35NO2Si. The molecule has 0 radical (unpaired) electrons. The van der Waals surface area contributed by atoms with Gasteiger partial charge in [0.2, 0.25) is 0 Å². The van der Waals surface area contributed by atoms with Crippen molar-refractivity contribution in [2.75, 3.05) is 26.8 Å². The second kappa shape index (κ2) is 8.52. The number of likely N-dealkylation sites (tertiary alicyclic amines) is 1. The van der Waals surface area contributed by atoms with Crippen molar-refractivity contribution >= 4 is 14.4 Å². The number of hydrogen-bond donors (Lipinski definition) is 0. The Hall–Kier alpha value is -1.10. The minimum atomic E-state index is -1.65. The monoisotopic (exact) mass is 361 g/mol. The Kier molecular flexibility index (Phi) is 6.89. The first-order valence-corrected chi connectivity index (χ1v) is 12.3. The van der Waals surface area contributed by atoms with Gasteiger partial charge in [0.1, 0.15) is 5.75 Å². The summed E-state index contributed by atoms with van der Waals surface area (Å²) >= 11 is 0. The highest BCUT2D eigenvalue weighted by Gasteiger charge is 2.38. The Morgan fingerprint density at radius 3 is 2.48 bits per heavy atom. The van der Waals surface area contributed by atoms with Crippen LogP contribution in [0.15, 0.2) is 30.3 Å². The first-order valence-electron chi connectivity index (χ1n) is 9.41. The summed E-state index contributed by atoms with van der Waals surface area (Å²) in [7, 11) is 0.0471. The molecule has 2 rings (SSSR count). The molecule has 1 aliphatic rings. The number of hydrogen-bond acceptors (Lipinski definition) is 3. The summed E-state index contributed by atoms with van der Waals surface area (Å²) in [6.07, 6.45) is 7.00. The Morgan fingerprint density at radius 1 is 1.20 bits per heavy atom. The van der Waals surface area contributed by atoms with Gasteiger partial charge in [0.25, 0.3) is 0 Å². The Balaban J connectivity index is 1.85. The third-order valence-electron chi connectivity index (χ3n) is 5.71. The summed E-state index contributed by atoms with van der Waals surface area (Å²) in [6.45, 7) is 14.7. The SMILES string of the molecule is COc1ccc(/C=C/CN2CCCC2CO[Si](C)(C)C(C)(C)C)cc1. The topological polar surface area (TPSA) is 21.7 Å². The molecule has 1 aromatic carbocycles. The maximum Gasteiger partial charge on any atom is 0.192 e. The summed E-state index contributed by atoms with van der Waals surface area (Å²) in [5.74, 6) is 0.902. The lowest BCUT2D eigenvalue weighted by molar-refractivity contribution is 0.173. The van der Waals surface area contributed by atoms with Gasteiger partial charge in [-0.2, -0.15) is 0 Å². The van der Waals surface area contributed by atoms with E-state index in [1.807, 2.05) is 12.1 Å². The van der Waals surface area contributed by atoms with Crippen molar-refractivity contribution < 1.29 is 9.16 Å². The lowest BCUT2D eigenvalue weighted by Gasteiger charge is -2.38. The summed E-state index contributed by atoms with van der Waals surface area (Å²) in [6, 6.07) is 8.76. The fraction of sp³-hybridized carbons (Fsp3) is 0.619. The molecule has 1 saturated heterocycles. The van der Waals surface area contributed by atoms with Crippen LogP contribution in [0.4, 0.5) is 0 Å². The van der Waals surface area contributed by atoms with E-state index in [1.165, 1.54) is 24.9 Å². The number of methoxy groups -OCH3 is 1. The number of nitrogens with zero attached hydrogens (tertiary/aromatic N) is 1. The van der Waals surface area contributed by atoms with E-state index >= 15 is 0 Å². The minimum Gasteiger partial charge on any atom is -0.497 e. The summed E-state index contributed by atoms with van der Waals surface area (Å²) in [5.41, 5.74) is 1.22.